The Balaban J connectivity index is 1.92. The molecular weight excluding hydrogens is 272 g/mol. The van der Waals surface area contributed by atoms with Crippen LogP contribution in [0.4, 0.5) is 5.95 Å². The third-order valence-electron chi connectivity index (χ3n) is 2.35. The lowest BCUT2D eigenvalue weighted by Gasteiger charge is -1.96. The molecule has 5 nitrogen and oxygen atoms in total. The lowest BCUT2D eigenvalue weighted by molar-refractivity contribution is 0.102. The van der Waals surface area contributed by atoms with Gasteiger partial charge in [0.25, 0.3) is 5.91 Å². The molecule has 3 aromatic rings. The van der Waals surface area contributed by atoms with Crippen LogP contribution in [-0.4, -0.2) is 20.9 Å². The third-order valence-corrected chi connectivity index (χ3v) is 3.43. The van der Waals surface area contributed by atoms with Gasteiger partial charge in [-0.3, -0.25) is 15.1 Å². The summed E-state index contributed by atoms with van der Waals surface area (Å²) in [5.41, 5.74) is 3.02. The van der Waals surface area contributed by atoms with Gasteiger partial charge in [0.05, 0.1) is 22.2 Å². The number of aromatic amines is 1. The number of nitrogens with one attached hydrogen (secondary N) is 2. The van der Waals surface area contributed by atoms with Crippen LogP contribution in [0.3, 0.4) is 0 Å². The zero-order chi connectivity index (χ0) is 12.5. The number of hydrogen-bond donors (Lipinski definition) is 2. The molecule has 2 N–H and O–H groups in total. The number of H-pyrrole nitrogens is 1. The molecule has 2 heterocycles. The summed E-state index contributed by atoms with van der Waals surface area (Å²) in [5.74, 6) is 0.129. The van der Waals surface area contributed by atoms with Gasteiger partial charge in [0, 0.05) is 0 Å². The molecule has 0 fully saturated rings. The highest BCUT2D eigenvalue weighted by atomic mass is 35.5. The van der Waals surface area contributed by atoms with E-state index in [1.54, 1.807) is 11.6 Å². The molecule has 0 aliphatic heterocycles. The van der Waals surface area contributed by atoms with E-state index in [0.29, 0.717) is 21.4 Å². The van der Waals surface area contributed by atoms with Gasteiger partial charge in [-0.15, -0.1) is 11.3 Å². The van der Waals surface area contributed by atoms with Crippen molar-refractivity contribution in [1.29, 1.82) is 0 Å². The van der Waals surface area contributed by atoms with Crippen molar-refractivity contribution in [2.24, 2.45) is 0 Å². The van der Waals surface area contributed by atoms with E-state index in [4.69, 9.17) is 11.6 Å². The fraction of sp³-hybridized carbons (Fsp3) is 0. The molecule has 0 radical (unpaired) electrons. The number of amides is 1. The number of nitrogens with zero attached hydrogens (tertiary/aromatic N) is 2. The molecular formula is C11H7ClN4OS. The van der Waals surface area contributed by atoms with Crippen molar-refractivity contribution in [3.8, 4) is 0 Å². The first-order chi connectivity index (χ1) is 8.74. The standard InChI is InChI=1S/C11H7ClN4OS/c12-6-2-1-3-7-9(6)15-11(14-7)16-10(17)8-4-13-5-18-8/h1-5H,(H2,14,15,16,17). The molecule has 3 rings (SSSR count). The van der Waals surface area contributed by atoms with E-state index in [9.17, 15) is 4.79 Å². The van der Waals surface area contributed by atoms with Gasteiger partial charge in [0.2, 0.25) is 5.95 Å². The Kier molecular flexibility index (Phi) is 2.73. The highest BCUT2D eigenvalue weighted by Gasteiger charge is 2.11. The van der Waals surface area contributed by atoms with Crippen molar-refractivity contribution in [2.45, 2.75) is 0 Å². The van der Waals surface area contributed by atoms with Crippen LogP contribution in [0, 0.1) is 0 Å². The number of para-hydroxylation sites is 1. The van der Waals surface area contributed by atoms with Crippen molar-refractivity contribution in [3.63, 3.8) is 0 Å². The number of carbonyl (C=O) groups excluding carboxylic acids is 1. The molecule has 0 unspecified atom stereocenters. The van der Waals surface area contributed by atoms with Gasteiger partial charge in [0.15, 0.2) is 0 Å². The smallest absolute Gasteiger partial charge is 0.269 e. The quantitative estimate of drug-likeness (QED) is 0.757. The van der Waals surface area contributed by atoms with Crippen LogP contribution in [0.15, 0.2) is 29.9 Å². The summed E-state index contributed by atoms with van der Waals surface area (Å²) in [6.07, 6.45) is 1.51. The molecule has 18 heavy (non-hydrogen) atoms. The Hall–Kier alpha value is -1.92. The first kappa shape index (κ1) is 11.2. The second-order valence-electron chi connectivity index (χ2n) is 3.54. The maximum Gasteiger partial charge on any atom is 0.269 e. The largest absolute Gasteiger partial charge is 0.324 e. The number of aromatic nitrogens is 3. The minimum Gasteiger partial charge on any atom is -0.324 e. The summed E-state index contributed by atoms with van der Waals surface area (Å²) in [6, 6.07) is 5.41. The number of anilines is 1. The Morgan fingerprint density at radius 1 is 1.44 bits per heavy atom. The SMILES string of the molecule is O=C(Nc1nc2c(Cl)cccc2[nH]1)c1cncs1. The molecule has 2 aromatic heterocycles. The summed E-state index contributed by atoms with van der Waals surface area (Å²) < 4.78 is 0. The monoisotopic (exact) mass is 278 g/mol. The van der Waals surface area contributed by atoms with E-state index in [1.165, 1.54) is 17.5 Å². The van der Waals surface area contributed by atoms with Crippen LogP contribution >= 0.6 is 22.9 Å². The number of rotatable bonds is 2. The highest BCUT2D eigenvalue weighted by molar-refractivity contribution is 7.11. The summed E-state index contributed by atoms with van der Waals surface area (Å²) in [4.78, 5) is 23.4. The van der Waals surface area contributed by atoms with Crippen molar-refractivity contribution >= 4 is 45.8 Å². The van der Waals surface area contributed by atoms with E-state index in [0.717, 1.165) is 5.52 Å². The zero-order valence-electron chi connectivity index (χ0n) is 8.98. The van der Waals surface area contributed by atoms with Gasteiger partial charge in [0.1, 0.15) is 10.4 Å². The fourth-order valence-corrected chi connectivity index (χ4v) is 2.29. The number of thiazole rings is 1. The maximum atomic E-state index is 11.8. The normalized spacial score (nSPS) is 10.7. The molecule has 1 amide bonds. The minimum absolute atomic E-state index is 0.243. The predicted molar refractivity (Wildman–Crippen MR) is 71.2 cm³/mol. The summed E-state index contributed by atoms with van der Waals surface area (Å²) in [6.45, 7) is 0. The molecule has 0 saturated carbocycles. The van der Waals surface area contributed by atoms with Gasteiger partial charge < -0.3 is 4.98 Å². The van der Waals surface area contributed by atoms with E-state index in [1.807, 2.05) is 12.1 Å². The van der Waals surface area contributed by atoms with Gasteiger partial charge in [-0.05, 0) is 12.1 Å². The third kappa shape index (κ3) is 1.96. The summed E-state index contributed by atoms with van der Waals surface area (Å²) >= 11 is 7.27. The minimum atomic E-state index is -0.243. The Labute approximate surface area is 111 Å². The average molecular weight is 279 g/mol. The Bertz CT molecular complexity index is 707. The number of halogens is 1. The topological polar surface area (TPSA) is 70.7 Å². The highest BCUT2D eigenvalue weighted by Crippen LogP contribution is 2.22. The van der Waals surface area contributed by atoms with Crippen molar-refractivity contribution in [3.05, 3.63) is 39.8 Å². The van der Waals surface area contributed by atoms with E-state index in [2.05, 4.69) is 20.3 Å². The Morgan fingerprint density at radius 2 is 2.33 bits per heavy atom. The van der Waals surface area contributed by atoms with Crippen LogP contribution < -0.4 is 5.32 Å². The first-order valence-electron chi connectivity index (χ1n) is 5.08. The van der Waals surface area contributed by atoms with Gasteiger partial charge in [-0.2, -0.15) is 0 Å². The lowest BCUT2D eigenvalue weighted by atomic mass is 10.3. The molecule has 90 valence electrons. The number of carbonyl (C=O) groups is 1. The zero-order valence-corrected chi connectivity index (χ0v) is 10.5. The molecule has 7 heteroatoms. The molecule has 1 aromatic carbocycles. The van der Waals surface area contributed by atoms with Crippen LogP contribution in [0.5, 0.6) is 0 Å². The summed E-state index contributed by atoms with van der Waals surface area (Å²) in [7, 11) is 0. The van der Waals surface area contributed by atoms with E-state index >= 15 is 0 Å². The van der Waals surface area contributed by atoms with Crippen molar-refractivity contribution < 1.29 is 4.79 Å². The lowest BCUT2D eigenvalue weighted by Crippen LogP contribution is -2.11. The maximum absolute atomic E-state index is 11.8. The molecule has 0 bridgehead atoms. The molecule has 0 aliphatic rings. The second-order valence-corrected chi connectivity index (χ2v) is 4.83. The fourth-order valence-electron chi connectivity index (χ4n) is 1.55. The number of benzene rings is 1. The first-order valence-corrected chi connectivity index (χ1v) is 6.34. The molecule has 0 spiro atoms. The summed E-state index contributed by atoms with van der Waals surface area (Å²) in [5, 5.41) is 3.21. The van der Waals surface area contributed by atoms with Crippen LogP contribution in [0.2, 0.25) is 5.02 Å². The second kappa shape index (κ2) is 4.40. The number of fused-ring (bicyclic) bond motifs is 1. The van der Waals surface area contributed by atoms with E-state index < -0.39 is 0 Å². The number of imidazole rings is 1. The van der Waals surface area contributed by atoms with Crippen molar-refractivity contribution in [2.75, 3.05) is 5.32 Å². The van der Waals surface area contributed by atoms with E-state index in [-0.39, 0.29) is 5.91 Å². The van der Waals surface area contributed by atoms with Crippen molar-refractivity contribution in [1.82, 2.24) is 15.0 Å². The molecule has 0 atom stereocenters. The van der Waals surface area contributed by atoms with Gasteiger partial charge >= 0.3 is 0 Å². The van der Waals surface area contributed by atoms with Crippen LogP contribution in [0.1, 0.15) is 9.67 Å². The van der Waals surface area contributed by atoms with Crippen LogP contribution in [-0.2, 0) is 0 Å². The Morgan fingerprint density at radius 3 is 3.06 bits per heavy atom. The van der Waals surface area contributed by atoms with Crippen LogP contribution in [0.25, 0.3) is 11.0 Å². The molecule has 0 aliphatic carbocycles. The average Bonchev–Trinajstić information content (AvgIpc) is 2.97. The number of hydrogen-bond acceptors (Lipinski definition) is 4. The van der Waals surface area contributed by atoms with Gasteiger partial charge in [-0.1, -0.05) is 17.7 Å². The predicted octanol–water partition coefficient (Wildman–Crippen LogP) is 2.93. The molecule has 0 saturated heterocycles. The van der Waals surface area contributed by atoms with Gasteiger partial charge in [-0.25, -0.2) is 4.98 Å².